The number of rotatable bonds is 10. The van der Waals surface area contributed by atoms with E-state index in [1.807, 2.05) is 48.5 Å². The number of benzene rings is 4. The lowest BCUT2D eigenvalue weighted by Gasteiger charge is -2.25. The molecule has 0 atom stereocenters. The van der Waals surface area contributed by atoms with Gasteiger partial charge in [0.2, 0.25) is 0 Å². The predicted molar refractivity (Wildman–Crippen MR) is 167 cm³/mol. The smallest absolute Gasteiger partial charge is 0.0412 e. The van der Waals surface area contributed by atoms with Crippen molar-refractivity contribution in [3.8, 4) is 0 Å². The average Bonchev–Trinajstić information content (AvgIpc) is 2.93. The van der Waals surface area contributed by atoms with E-state index in [1.54, 1.807) is 0 Å². The van der Waals surface area contributed by atoms with Crippen molar-refractivity contribution in [3.63, 3.8) is 0 Å². The van der Waals surface area contributed by atoms with Crippen LogP contribution in [0.4, 0.5) is 45.5 Å². The molecule has 200 valence electrons. The highest BCUT2D eigenvalue weighted by Gasteiger charge is 2.09. The molecule has 0 unspecified atom stereocenters. The third-order valence-electron chi connectivity index (χ3n) is 6.29. The van der Waals surface area contributed by atoms with E-state index in [0.29, 0.717) is 0 Å². The van der Waals surface area contributed by atoms with Gasteiger partial charge in [-0.05, 0) is 110 Å². The SMILES string of the molecule is CCCCN(c1ccc(N)cc1)c1ccc(N)cc1.CCCCN(c1ccc(N)cc1)c1ccc(N)cc1. The lowest BCUT2D eigenvalue weighted by atomic mass is 10.2. The summed E-state index contributed by atoms with van der Waals surface area (Å²) in [6, 6.07) is 31.9. The Balaban J connectivity index is 0.000000211. The molecular weight excluding hydrogens is 468 g/mol. The molecule has 38 heavy (non-hydrogen) atoms. The Morgan fingerprint density at radius 1 is 0.395 bits per heavy atom. The van der Waals surface area contributed by atoms with Crippen molar-refractivity contribution in [2.75, 3.05) is 45.8 Å². The maximum Gasteiger partial charge on any atom is 0.0412 e. The second-order valence-corrected chi connectivity index (χ2v) is 9.38. The molecule has 0 radical (unpaired) electrons. The standard InChI is InChI=1S/2C16H21N3/c2*1-2-3-12-19(15-8-4-13(17)5-9-15)16-10-6-14(18)7-11-16/h2*4-11H,2-3,12,17-18H2,1H3. The summed E-state index contributed by atoms with van der Waals surface area (Å²) in [4.78, 5) is 4.59. The molecule has 4 aromatic rings. The maximum absolute atomic E-state index is 5.75. The molecule has 0 aliphatic carbocycles. The lowest BCUT2D eigenvalue weighted by molar-refractivity contribution is 0.786. The van der Waals surface area contributed by atoms with Crippen LogP contribution in [0.5, 0.6) is 0 Å². The van der Waals surface area contributed by atoms with Crippen molar-refractivity contribution in [2.24, 2.45) is 0 Å². The van der Waals surface area contributed by atoms with Crippen molar-refractivity contribution >= 4 is 45.5 Å². The van der Waals surface area contributed by atoms with Gasteiger partial charge in [-0.25, -0.2) is 0 Å². The molecule has 6 nitrogen and oxygen atoms in total. The van der Waals surface area contributed by atoms with Gasteiger partial charge in [0, 0.05) is 58.6 Å². The summed E-state index contributed by atoms with van der Waals surface area (Å²) in [5.74, 6) is 0. The van der Waals surface area contributed by atoms with Crippen LogP contribution in [-0.4, -0.2) is 13.1 Å². The number of anilines is 8. The molecule has 0 aliphatic rings. The van der Waals surface area contributed by atoms with Crippen molar-refractivity contribution in [1.82, 2.24) is 0 Å². The Morgan fingerprint density at radius 3 is 0.789 bits per heavy atom. The fraction of sp³-hybridized carbons (Fsp3) is 0.250. The maximum atomic E-state index is 5.75. The Labute approximate surface area is 227 Å². The Morgan fingerprint density at radius 2 is 0.605 bits per heavy atom. The summed E-state index contributed by atoms with van der Waals surface area (Å²) in [6.45, 7) is 6.38. The first-order valence-corrected chi connectivity index (χ1v) is 13.4. The molecule has 0 bridgehead atoms. The molecule has 0 aliphatic heterocycles. The fourth-order valence-corrected chi connectivity index (χ4v) is 4.06. The zero-order valence-electron chi connectivity index (χ0n) is 22.7. The molecule has 0 saturated carbocycles. The Kier molecular flexibility index (Phi) is 10.7. The molecule has 8 N–H and O–H groups in total. The van der Waals surface area contributed by atoms with E-state index in [2.05, 4.69) is 72.2 Å². The zero-order valence-corrected chi connectivity index (χ0v) is 22.7. The lowest BCUT2D eigenvalue weighted by Crippen LogP contribution is -2.18. The Hall–Kier alpha value is -4.32. The summed E-state index contributed by atoms with van der Waals surface area (Å²) in [6.07, 6.45) is 4.63. The number of unbranched alkanes of at least 4 members (excludes halogenated alkanes) is 2. The van der Waals surface area contributed by atoms with Gasteiger partial charge in [0.1, 0.15) is 0 Å². The summed E-state index contributed by atoms with van der Waals surface area (Å²) >= 11 is 0. The number of nitrogens with two attached hydrogens (primary N) is 4. The highest BCUT2D eigenvalue weighted by Crippen LogP contribution is 2.28. The van der Waals surface area contributed by atoms with Crippen molar-refractivity contribution < 1.29 is 0 Å². The second-order valence-electron chi connectivity index (χ2n) is 9.38. The number of hydrogen-bond donors (Lipinski definition) is 4. The second kappa shape index (κ2) is 14.4. The summed E-state index contributed by atoms with van der Waals surface area (Å²) in [5, 5.41) is 0. The van der Waals surface area contributed by atoms with Crippen LogP contribution in [0.15, 0.2) is 97.1 Å². The predicted octanol–water partition coefficient (Wildman–Crippen LogP) is 7.58. The van der Waals surface area contributed by atoms with Gasteiger partial charge in [-0.3, -0.25) is 0 Å². The van der Waals surface area contributed by atoms with Gasteiger partial charge >= 0.3 is 0 Å². The minimum atomic E-state index is 0.788. The van der Waals surface area contributed by atoms with Gasteiger partial charge in [-0.1, -0.05) is 26.7 Å². The van der Waals surface area contributed by atoms with E-state index in [9.17, 15) is 0 Å². The molecule has 0 aromatic heterocycles. The quantitative estimate of drug-likeness (QED) is 0.164. The third-order valence-corrected chi connectivity index (χ3v) is 6.29. The molecule has 4 aromatic carbocycles. The van der Waals surface area contributed by atoms with Crippen LogP contribution in [0.2, 0.25) is 0 Å². The van der Waals surface area contributed by atoms with Crippen molar-refractivity contribution in [3.05, 3.63) is 97.1 Å². The Bertz CT molecular complexity index is 1010. The van der Waals surface area contributed by atoms with Gasteiger partial charge in [0.05, 0.1) is 0 Å². The first-order chi connectivity index (χ1) is 18.4. The van der Waals surface area contributed by atoms with E-state index in [4.69, 9.17) is 22.9 Å². The molecule has 0 amide bonds. The van der Waals surface area contributed by atoms with Gasteiger partial charge in [-0.2, -0.15) is 0 Å². The minimum absolute atomic E-state index is 0.788. The highest BCUT2D eigenvalue weighted by molar-refractivity contribution is 5.67. The molecule has 0 saturated heterocycles. The summed E-state index contributed by atoms with van der Waals surface area (Å²) in [7, 11) is 0. The summed E-state index contributed by atoms with van der Waals surface area (Å²) < 4.78 is 0. The van der Waals surface area contributed by atoms with E-state index in [1.165, 1.54) is 12.8 Å². The normalized spacial score (nSPS) is 10.4. The molecule has 4 rings (SSSR count). The average molecular weight is 511 g/mol. The molecule has 0 spiro atoms. The largest absolute Gasteiger partial charge is 0.399 e. The van der Waals surface area contributed by atoms with Crippen LogP contribution in [0, 0.1) is 0 Å². The fourth-order valence-electron chi connectivity index (χ4n) is 4.06. The van der Waals surface area contributed by atoms with Crippen molar-refractivity contribution in [1.29, 1.82) is 0 Å². The monoisotopic (exact) mass is 510 g/mol. The van der Waals surface area contributed by atoms with Crippen LogP contribution >= 0.6 is 0 Å². The minimum Gasteiger partial charge on any atom is -0.399 e. The van der Waals surface area contributed by atoms with E-state index >= 15 is 0 Å². The van der Waals surface area contributed by atoms with Crippen LogP contribution in [0.1, 0.15) is 39.5 Å². The highest BCUT2D eigenvalue weighted by atomic mass is 15.1. The van der Waals surface area contributed by atoms with Gasteiger partial charge in [0.25, 0.3) is 0 Å². The third kappa shape index (κ3) is 8.37. The van der Waals surface area contributed by atoms with Gasteiger partial charge < -0.3 is 32.7 Å². The van der Waals surface area contributed by atoms with Crippen molar-refractivity contribution in [2.45, 2.75) is 39.5 Å². The van der Waals surface area contributed by atoms with E-state index in [-0.39, 0.29) is 0 Å². The van der Waals surface area contributed by atoms with E-state index in [0.717, 1.165) is 71.4 Å². The number of nitrogens with zero attached hydrogens (tertiary/aromatic N) is 2. The van der Waals surface area contributed by atoms with Gasteiger partial charge in [0.15, 0.2) is 0 Å². The van der Waals surface area contributed by atoms with Crippen LogP contribution < -0.4 is 32.7 Å². The number of hydrogen-bond acceptors (Lipinski definition) is 6. The zero-order chi connectivity index (χ0) is 27.3. The first kappa shape index (κ1) is 28.3. The van der Waals surface area contributed by atoms with Crippen LogP contribution in [0.25, 0.3) is 0 Å². The molecule has 0 heterocycles. The summed E-state index contributed by atoms with van der Waals surface area (Å²) in [5.41, 5.74) is 30.8. The van der Waals surface area contributed by atoms with E-state index < -0.39 is 0 Å². The number of nitrogen functional groups attached to an aromatic ring is 4. The first-order valence-electron chi connectivity index (χ1n) is 13.4. The molecule has 6 heteroatoms. The molecular formula is C32H42N6. The van der Waals surface area contributed by atoms with Gasteiger partial charge in [-0.15, -0.1) is 0 Å². The van der Waals surface area contributed by atoms with Crippen LogP contribution in [0.3, 0.4) is 0 Å². The van der Waals surface area contributed by atoms with Crippen LogP contribution in [-0.2, 0) is 0 Å². The molecule has 0 fully saturated rings. The topological polar surface area (TPSA) is 111 Å².